The summed E-state index contributed by atoms with van der Waals surface area (Å²) in [6.45, 7) is 4.45. The molecule has 1 aromatic carbocycles. The smallest absolute Gasteiger partial charge is 0.273 e. The summed E-state index contributed by atoms with van der Waals surface area (Å²) in [6, 6.07) is 14.2. The third-order valence-electron chi connectivity index (χ3n) is 5.41. The van der Waals surface area contributed by atoms with Crippen molar-refractivity contribution in [3.63, 3.8) is 0 Å². The minimum atomic E-state index is -0.241. The van der Waals surface area contributed by atoms with Crippen LogP contribution >= 0.6 is 0 Å². The number of hydrogen-bond acceptors (Lipinski definition) is 6. The number of nitrogens with zero attached hydrogens (tertiary/aromatic N) is 2. The highest BCUT2D eigenvalue weighted by Gasteiger charge is 2.22. The number of rotatable bonds is 9. The Morgan fingerprint density at radius 2 is 2.07 bits per heavy atom. The summed E-state index contributed by atoms with van der Waals surface area (Å²) in [4.78, 5) is 19.0. The topological polar surface area (TPSA) is 80.7 Å². The molecule has 1 fully saturated rings. The van der Waals surface area contributed by atoms with Gasteiger partial charge in [-0.15, -0.1) is 0 Å². The van der Waals surface area contributed by atoms with Crippen molar-refractivity contribution in [1.82, 2.24) is 15.2 Å². The van der Waals surface area contributed by atoms with Crippen LogP contribution in [-0.2, 0) is 17.8 Å². The van der Waals surface area contributed by atoms with Gasteiger partial charge in [-0.3, -0.25) is 9.69 Å². The molecule has 2 atom stereocenters. The van der Waals surface area contributed by atoms with Crippen molar-refractivity contribution in [2.24, 2.45) is 0 Å². The van der Waals surface area contributed by atoms with Crippen molar-refractivity contribution in [3.05, 3.63) is 77.9 Å². The van der Waals surface area contributed by atoms with Gasteiger partial charge < -0.3 is 18.9 Å². The fourth-order valence-corrected chi connectivity index (χ4v) is 3.64. The molecule has 0 radical (unpaired) electrons. The average Bonchev–Trinajstić information content (AvgIpc) is 3.55. The Balaban J connectivity index is 1.42. The van der Waals surface area contributed by atoms with Gasteiger partial charge in [0.05, 0.1) is 25.5 Å². The lowest BCUT2D eigenvalue weighted by Gasteiger charge is -2.27. The van der Waals surface area contributed by atoms with E-state index in [0.717, 1.165) is 25.2 Å². The van der Waals surface area contributed by atoms with Crippen LogP contribution in [0.25, 0.3) is 0 Å². The summed E-state index contributed by atoms with van der Waals surface area (Å²) in [5.41, 5.74) is 1.47. The Bertz CT molecular complexity index is 917. The van der Waals surface area contributed by atoms with Gasteiger partial charge in [-0.1, -0.05) is 30.3 Å². The largest absolute Gasteiger partial charge is 0.468 e. The van der Waals surface area contributed by atoms with Crippen LogP contribution in [0.3, 0.4) is 0 Å². The highest BCUT2D eigenvalue weighted by Crippen LogP contribution is 2.24. The number of oxazole rings is 1. The zero-order valence-corrected chi connectivity index (χ0v) is 17.1. The fourth-order valence-electron chi connectivity index (χ4n) is 3.64. The minimum absolute atomic E-state index is 0.0934. The molecule has 30 heavy (non-hydrogen) atoms. The van der Waals surface area contributed by atoms with Crippen LogP contribution in [0.5, 0.6) is 0 Å². The summed E-state index contributed by atoms with van der Waals surface area (Å²) in [5, 5.41) is 2.88. The molecule has 3 heterocycles. The number of nitrogens with one attached hydrogen (secondary N) is 1. The number of carbonyl (C=O) groups is 1. The molecule has 0 aliphatic carbocycles. The van der Waals surface area contributed by atoms with Crippen LogP contribution in [-0.4, -0.2) is 35.0 Å². The molecular formula is C23H27N3O4. The van der Waals surface area contributed by atoms with Crippen molar-refractivity contribution >= 4 is 5.91 Å². The third kappa shape index (κ3) is 5.17. The number of ether oxygens (including phenoxy) is 1. The van der Waals surface area contributed by atoms with Crippen molar-refractivity contribution in [3.8, 4) is 0 Å². The summed E-state index contributed by atoms with van der Waals surface area (Å²) in [5.74, 6) is 1.11. The summed E-state index contributed by atoms with van der Waals surface area (Å²) in [6.07, 6.45) is 5.19. The molecule has 7 nitrogen and oxygen atoms in total. The van der Waals surface area contributed by atoms with Crippen LogP contribution in [0.2, 0.25) is 0 Å². The second-order valence-electron chi connectivity index (χ2n) is 7.54. The predicted octanol–water partition coefficient (Wildman–Crippen LogP) is 3.94. The zero-order valence-electron chi connectivity index (χ0n) is 17.1. The SMILES string of the molecule is CC(c1ccccc1)N(Cc1ccco1)Cc1nc(C(=O)NCC2CCCO2)co1. The second-order valence-corrected chi connectivity index (χ2v) is 7.54. The van der Waals surface area contributed by atoms with E-state index >= 15 is 0 Å². The predicted molar refractivity (Wildman–Crippen MR) is 111 cm³/mol. The Morgan fingerprint density at radius 3 is 2.80 bits per heavy atom. The van der Waals surface area contributed by atoms with E-state index in [1.54, 1.807) is 6.26 Å². The zero-order chi connectivity index (χ0) is 20.8. The maximum absolute atomic E-state index is 12.4. The molecule has 1 N–H and O–H groups in total. The molecule has 3 aromatic rings. The van der Waals surface area contributed by atoms with Gasteiger partial charge in [0.1, 0.15) is 12.0 Å². The van der Waals surface area contributed by atoms with E-state index in [4.69, 9.17) is 13.6 Å². The molecule has 0 bridgehead atoms. The van der Waals surface area contributed by atoms with Gasteiger partial charge in [0.15, 0.2) is 5.69 Å². The minimum Gasteiger partial charge on any atom is -0.468 e. The molecule has 1 aliphatic rings. The van der Waals surface area contributed by atoms with E-state index in [9.17, 15) is 4.79 Å². The molecule has 4 rings (SSSR count). The lowest BCUT2D eigenvalue weighted by molar-refractivity contribution is 0.0853. The van der Waals surface area contributed by atoms with Crippen LogP contribution < -0.4 is 5.32 Å². The van der Waals surface area contributed by atoms with Crippen molar-refractivity contribution in [2.45, 2.75) is 45.0 Å². The van der Waals surface area contributed by atoms with E-state index in [1.165, 1.54) is 11.8 Å². The van der Waals surface area contributed by atoms with Gasteiger partial charge in [-0.25, -0.2) is 4.98 Å². The maximum atomic E-state index is 12.4. The molecular weight excluding hydrogens is 382 g/mol. The normalized spacial score (nSPS) is 17.3. The number of furan rings is 1. The van der Waals surface area contributed by atoms with Crippen LogP contribution in [0.15, 0.2) is 63.8 Å². The van der Waals surface area contributed by atoms with Crippen LogP contribution in [0, 0.1) is 0 Å². The quantitative estimate of drug-likeness (QED) is 0.577. The first-order valence-electron chi connectivity index (χ1n) is 10.3. The Labute approximate surface area is 176 Å². The first kappa shape index (κ1) is 20.4. The number of aromatic nitrogens is 1. The average molecular weight is 409 g/mol. The molecule has 1 aliphatic heterocycles. The first-order valence-corrected chi connectivity index (χ1v) is 10.3. The van der Waals surface area contributed by atoms with E-state index in [0.29, 0.717) is 25.5 Å². The van der Waals surface area contributed by atoms with Gasteiger partial charge in [0.25, 0.3) is 5.91 Å². The van der Waals surface area contributed by atoms with Crippen LogP contribution in [0.4, 0.5) is 0 Å². The highest BCUT2D eigenvalue weighted by atomic mass is 16.5. The van der Waals surface area contributed by atoms with Crippen molar-refractivity contribution in [2.75, 3.05) is 13.2 Å². The van der Waals surface area contributed by atoms with E-state index < -0.39 is 0 Å². The van der Waals surface area contributed by atoms with E-state index in [2.05, 4.69) is 34.3 Å². The van der Waals surface area contributed by atoms with Crippen molar-refractivity contribution < 1.29 is 18.4 Å². The fraction of sp³-hybridized carbons (Fsp3) is 0.391. The van der Waals surface area contributed by atoms with Gasteiger partial charge in [0, 0.05) is 19.2 Å². The van der Waals surface area contributed by atoms with Gasteiger partial charge in [0.2, 0.25) is 5.89 Å². The number of carbonyl (C=O) groups excluding carboxylic acids is 1. The van der Waals surface area contributed by atoms with E-state index in [-0.39, 0.29) is 23.7 Å². The molecule has 1 amide bonds. The Morgan fingerprint density at radius 1 is 1.20 bits per heavy atom. The summed E-state index contributed by atoms with van der Waals surface area (Å²) < 4.78 is 16.7. The van der Waals surface area contributed by atoms with Crippen molar-refractivity contribution in [1.29, 1.82) is 0 Å². The lowest BCUT2D eigenvalue weighted by Crippen LogP contribution is -2.32. The number of benzene rings is 1. The molecule has 1 saturated heterocycles. The van der Waals surface area contributed by atoms with Crippen LogP contribution in [0.1, 0.15) is 53.5 Å². The second kappa shape index (κ2) is 9.73. The molecule has 0 saturated carbocycles. The lowest BCUT2D eigenvalue weighted by atomic mass is 10.1. The molecule has 7 heteroatoms. The molecule has 0 spiro atoms. The maximum Gasteiger partial charge on any atom is 0.273 e. The summed E-state index contributed by atoms with van der Waals surface area (Å²) >= 11 is 0. The monoisotopic (exact) mass is 409 g/mol. The Hall–Kier alpha value is -2.90. The Kier molecular flexibility index (Phi) is 6.61. The first-order chi connectivity index (χ1) is 14.7. The standard InChI is InChI=1S/C23H27N3O4/c1-17(18-7-3-2-4-8-18)26(14-20-10-6-12-29-20)15-22-25-21(16-30-22)23(27)24-13-19-9-5-11-28-19/h2-4,6-8,10,12,16-17,19H,5,9,11,13-15H2,1H3,(H,24,27). The van der Waals surface area contributed by atoms with Gasteiger partial charge in [-0.05, 0) is 37.5 Å². The number of hydrogen-bond donors (Lipinski definition) is 1. The number of amides is 1. The summed E-state index contributed by atoms with van der Waals surface area (Å²) in [7, 11) is 0. The van der Waals surface area contributed by atoms with E-state index in [1.807, 2.05) is 30.3 Å². The molecule has 2 unspecified atom stereocenters. The van der Waals surface area contributed by atoms with Gasteiger partial charge in [-0.2, -0.15) is 0 Å². The highest BCUT2D eigenvalue weighted by molar-refractivity contribution is 5.91. The molecule has 2 aromatic heterocycles. The van der Waals surface area contributed by atoms with Gasteiger partial charge >= 0.3 is 0 Å². The molecule has 158 valence electrons. The third-order valence-corrected chi connectivity index (χ3v) is 5.41.